The van der Waals surface area contributed by atoms with Gasteiger partial charge in [-0.15, -0.1) is 0 Å². The third kappa shape index (κ3) is 6.07. The molecule has 5 rings (SSSR count). The van der Waals surface area contributed by atoms with Gasteiger partial charge in [-0.1, -0.05) is 60.1 Å². The van der Waals surface area contributed by atoms with Gasteiger partial charge in [0.05, 0.1) is 11.8 Å². The van der Waals surface area contributed by atoms with E-state index in [-0.39, 0.29) is 24.5 Å². The minimum absolute atomic E-state index is 0.0972. The van der Waals surface area contributed by atoms with Gasteiger partial charge < -0.3 is 9.64 Å². The molecule has 188 valence electrons. The average Bonchev–Trinajstić information content (AvgIpc) is 3.59. The number of imidazole rings is 1. The standard InChI is InChI=1S/C29H27ClN4O3/c30-23-15-13-22(14-16-23)28(36)33(18-25-12-7-17-37-25)20-27(35)32-29-31-26(21-8-3-1-4-9-21)19-34(29)24-10-5-2-6-11-24/h1-6,8-11,13-16,19,25H,7,12,17-18,20H2,(H,31,32,35)/t25-/m0/s1. The maximum atomic E-state index is 13.3. The first-order valence-corrected chi connectivity index (χ1v) is 12.6. The van der Waals surface area contributed by atoms with Gasteiger partial charge in [-0.3, -0.25) is 19.5 Å². The van der Waals surface area contributed by atoms with Crippen molar-refractivity contribution in [3.05, 3.63) is 102 Å². The van der Waals surface area contributed by atoms with Crippen LogP contribution in [0.5, 0.6) is 0 Å². The molecule has 37 heavy (non-hydrogen) atoms. The van der Waals surface area contributed by atoms with Crippen molar-refractivity contribution in [1.82, 2.24) is 14.5 Å². The minimum atomic E-state index is -0.345. The van der Waals surface area contributed by atoms with Crippen molar-refractivity contribution < 1.29 is 14.3 Å². The van der Waals surface area contributed by atoms with Gasteiger partial charge in [0.15, 0.2) is 0 Å². The van der Waals surface area contributed by atoms with Crippen LogP contribution < -0.4 is 5.32 Å². The number of ether oxygens (including phenoxy) is 1. The van der Waals surface area contributed by atoms with E-state index in [1.807, 2.05) is 71.4 Å². The molecule has 1 aromatic heterocycles. The molecule has 1 aliphatic rings. The SMILES string of the molecule is O=C(CN(C[C@@H]1CCCO1)C(=O)c1ccc(Cl)cc1)Nc1nc(-c2ccccc2)cn1-c1ccccc1. The van der Waals surface area contributed by atoms with Crippen LogP contribution in [0.4, 0.5) is 5.95 Å². The number of carbonyl (C=O) groups excluding carboxylic acids is 2. The van der Waals surface area contributed by atoms with Gasteiger partial charge >= 0.3 is 0 Å². The fourth-order valence-electron chi connectivity index (χ4n) is 4.37. The average molecular weight is 515 g/mol. The number of nitrogens with zero attached hydrogens (tertiary/aromatic N) is 3. The molecular weight excluding hydrogens is 488 g/mol. The Morgan fingerprint density at radius 1 is 1.00 bits per heavy atom. The van der Waals surface area contributed by atoms with Crippen LogP contribution in [0.25, 0.3) is 16.9 Å². The lowest BCUT2D eigenvalue weighted by Crippen LogP contribution is -2.42. The van der Waals surface area contributed by atoms with Crippen LogP contribution in [0, 0.1) is 0 Å². The summed E-state index contributed by atoms with van der Waals surface area (Å²) in [7, 11) is 0. The molecule has 3 aromatic carbocycles. The van der Waals surface area contributed by atoms with E-state index in [0.717, 1.165) is 29.8 Å². The Morgan fingerprint density at radius 3 is 2.38 bits per heavy atom. The molecule has 7 nitrogen and oxygen atoms in total. The number of hydrogen-bond acceptors (Lipinski definition) is 4. The van der Waals surface area contributed by atoms with Gasteiger partial charge in [-0.05, 0) is 49.2 Å². The Kier molecular flexibility index (Phi) is 7.63. The number of hydrogen-bond donors (Lipinski definition) is 1. The van der Waals surface area contributed by atoms with Crippen molar-refractivity contribution in [3.8, 4) is 16.9 Å². The van der Waals surface area contributed by atoms with Crippen LogP contribution in [0.2, 0.25) is 5.02 Å². The van der Waals surface area contributed by atoms with Crippen LogP contribution in [-0.4, -0.2) is 52.1 Å². The molecule has 0 spiro atoms. The van der Waals surface area contributed by atoms with Crippen molar-refractivity contribution in [1.29, 1.82) is 0 Å². The zero-order chi connectivity index (χ0) is 25.6. The predicted molar refractivity (Wildman–Crippen MR) is 144 cm³/mol. The van der Waals surface area contributed by atoms with E-state index >= 15 is 0 Å². The van der Waals surface area contributed by atoms with Gasteiger partial charge in [-0.2, -0.15) is 0 Å². The molecule has 4 aromatic rings. The second-order valence-electron chi connectivity index (χ2n) is 8.90. The highest BCUT2D eigenvalue weighted by molar-refractivity contribution is 6.30. The molecule has 8 heteroatoms. The highest BCUT2D eigenvalue weighted by Crippen LogP contribution is 2.24. The van der Waals surface area contributed by atoms with Crippen molar-refractivity contribution in [2.45, 2.75) is 18.9 Å². The van der Waals surface area contributed by atoms with E-state index in [1.54, 1.807) is 24.3 Å². The van der Waals surface area contributed by atoms with E-state index < -0.39 is 0 Å². The normalized spacial score (nSPS) is 14.9. The van der Waals surface area contributed by atoms with Crippen LogP contribution in [-0.2, 0) is 9.53 Å². The van der Waals surface area contributed by atoms with Crippen LogP contribution in [0.1, 0.15) is 23.2 Å². The van der Waals surface area contributed by atoms with E-state index in [1.165, 1.54) is 4.90 Å². The second kappa shape index (κ2) is 11.4. The summed E-state index contributed by atoms with van der Waals surface area (Å²) >= 11 is 6.00. The molecular formula is C29H27ClN4O3. The Balaban J connectivity index is 1.39. The first kappa shape index (κ1) is 24.7. The molecule has 0 bridgehead atoms. The summed E-state index contributed by atoms with van der Waals surface area (Å²) in [6.07, 6.45) is 3.59. The zero-order valence-electron chi connectivity index (χ0n) is 20.2. The summed E-state index contributed by atoms with van der Waals surface area (Å²) in [5.41, 5.74) is 2.99. The van der Waals surface area contributed by atoms with Crippen LogP contribution in [0.3, 0.4) is 0 Å². The molecule has 1 aliphatic heterocycles. The van der Waals surface area contributed by atoms with Crippen molar-refractivity contribution in [2.75, 3.05) is 25.0 Å². The number of rotatable bonds is 8. The molecule has 0 unspecified atom stereocenters. The smallest absolute Gasteiger partial charge is 0.254 e. The fraction of sp³-hybridized carbons (Fsp3) is 0.207. The quantitative estimate of drug-likeness (QED) is 0.339. The number of amides is 2. The molecule has 1 fully saturated rings. The Morgan fingerprint density at radius 2 is 1.70 bits per heavy atom. The molecule has 0 saturated carbocycles. The number of para-hydroxylation sites is 1. The van der Waals surface area contributed by atoms with E-state index in [2.05, 4.69) is 5.32 Å². The number of nitrogens with one attached hydrogen (secondary N) is 1. The maximum absolute atomic E-state index is 13.3. The summed E-state index contributed by atoms with van der Waals surface area (Å²) in [4.78, 5) is 32.9. The second-order valence-corrected chi connectivity index (χ2v) is 9.33. The molecule has 2 heterocycles. The number of benzene rings is 3. The highest BCUT2D eigenvalue weighted by atomic mass is 35.5. The van der Waals surface area contributed by atoms with Gasteiger partial charge in [0.25, 0.3) is 5.91 Å². The summed E-state index contributed by atoms with van der Waals surface area (Å²) in [6.45, 7) is 0.859. The molecule has 1 N–H and O–H groups in total. The number of carbonyl (C=O) groups is 2. The zero-order valence-corrected chi connectivity index (χ0v) is 21.0. The van der Waals surface area contributed by atoms with E-state index in [4.69, 9.17) is 21.3 Å². The molecule has 0 radical (unpaired) electrons. The third-order valence-corrected chi connectivity index (χ3v) is 6.47. The van der Waals surface area contributed by atoms with Gasteiger partial charge in [0.1, 0.15) is 6.54 Å². The number of halogens is 1. The van der Waals surface area contributed by atoms with E-state index in [9.17, 15) is 9.59 Å². The van der Waals surface area contributed by atoms with Gasteiger partial charge in [-0.25, -0.2) is 4.98 Å². The molecule has 0 aliphatic carbocycles. The van der Waals surface area contributed by atoms with Crippen LogP contribution in [0.15, 0.2) is 91.1 Å². The Hall–Kier alpha value is -3.94. The topological polar surface area (TPSA) is 76.5 Å². The molecule has 2 amide bonds. The number of anilines is 1. The minimum Gasteiger partial charge on any atom is -0.376 e. The van der Waals surface area contributed by atoms with E-state index in [0.29, 0.717) is 29.7 Å². The summed E-state index contributed by atoms with van der Waals surface area (Å²) in [6, 6.07) is 26.1. The summed E-state index contributed by atoms with van der Waals surface area (Å²) in [5, 5.41) is 3.47. The maximum Gasteiger partial charge on any atom is 0.254 e. The van der Waals surface area contributed by atoms with Gasteiger partial charge in [0.2, 0.25) is 11.9 Å². The molecule has 1 saturated heterocycles. The lowest BCUT2D eigenvalue weighted by Gasteiger charge is -2.25. The third-order valence-electron chi connectivity index (χ3n) is 6.22. The first-order valence-electron chi connectivity index (χ1n) is 12.2. The number of aromatic nitrogens is 2. The molecule has 1 atom stereocenters. The largest absolute Gasteiger partial charge is 0.376 e. The Labute approximate surface area is 220 Å². The summed E-state index contributed by atoms with van der Waals surface area (Å²) < 4.78 is 7.59. The van der Waals surface area contributed by atoms with Crippen molar-refractivity contribution in [2.24, 2.45) is 0 Å². The lowest BCUT2D eigenvalue weighted by atomic mass is 10.1. The monoisotopic (exact) mass is 514 g/mol. The highest BCUT2D eigenvalue weighted by Gasteiger charge is 2.26. The Bertz CT molecular complexity index is 1350. The first-order chi connectivity index (χ1) is 18.1. The fourth-order valence-corrected chi connectivity index (χ4v) is 4.49. The van der Waals surface area contributed by atoms with Crippen molar-refractivity contribution >= 4 is 29.4 Å². The predicted octanol–water partition coefficient (Wildman–Crippen LogP) is 5.45. The van der Waals surface area contributed by atoms with Gasteiger partial charge in [0, 0.05) is 41.2 Å². The lowest BCUT2D eigenvalue weighted by molar-refractivity contribution is -0.117. The summed E-state index contributed by atoms with van der Waals surface area (Å²) in [5.74, 6) is -0.215. The van der Waals surface area contributed by atoms with Crippen LogP contribution >= 0.6 is 11.6 Å². The van der Waals surface area contributed by atoms with Crippen molar-refractivity contribution in [3.63, 3.8) is 0 Å².